The Morgan fingerprint density at radius 3 is 2.48 bits per heavy atom. The molecule has 0 fully saturated rings. The molecule has 0 heterocycles. The van der Waals surface area contributed by atoms with Crippen LogP contribution in [0.3, 0.4) is 0 Å². The largest absolute Gasteiger partial charge is 0.490 e. The lowest BCUT2D eigenvalue weighted by Crippen LogP contribution is -2.12. The standard InChI is InChI=1S/C18H21NO3S/c1-4-21-16-10-9-13(11-17(16)22-5-2)18(20)19-14-7-6-8-15(12-14)23-3/h6-12H,4-5H2,1-3H3,(H,19,20). The minimum atomic E-state index is -0.174. The minimum Gasteiger partial charge on any atom is -0.490 e. The lowest BCUT2D eigenvalue weighted by Gasteiger charge is -2.12. The number of hydrogen-bond acceptors (Lipinski definition) is 4. The van der Waals surface area contributed by atoms with E-state index in [4.69, 9.17) is 9.47 Å². The first-order chi connectivity index (χ1) is 11.2. The third-order valence-electron chi connectivity index (χ3n) is 3.13. The van der Waals surface area contributed by atoms with E-state index in [9.17, 15) is 4.79 Å². The van der Waals surface area contributed by atoms with Crippen molar-refractivity contribution in [3.63, 3.8) is 0 Å². The Morgan fingerprint density at radius 2 is 1.78 bits per heavy atom. The maximum Gasteiger partial charge on any atom is 0.255 e. The van der Waals surface area contributed by atoms with Crippen molar-refractivity contribution in [2.24, 2.45) is 0 Å². The van der Waals surface area contributed by atoms with E-state index in [-0.39, 0.29) is 5.91 Å². The van der Waals surface area contributed by atoms with Crippen LogP contribution in [-0.2, 0) is 0 Å². The highest BCUT2D eigenvalue weighted by molar-refractivity contribution is 7.98. The van der Waals surface area contributed by atoms with Gasteiger partial charge in [-0.3, -0.25) is 4.79 Å². The first kappa shape index (κ1) is 17.2. The molecule has 2 aromatic carbocycles. The molecule has 2 aromatic rings. The molecule has 0 aliphatic heterocycles. The van der Waals surface area contributed by atoms with Crippen LogP contribution < -0.4 is 14.8 Å². The third kappa shape index (κ3) is 4.66. The fourth-order valence-corrected chi connectivity index (χ4v) is 2.56. The Bertz CT molecular complexity index is 673. The number of benzene rings is 2. The van der Waals surface area contributed by atoms with Crippen molar-refractivity contribution in [2.45, 2.75) is 18.7 Å². The summed E-state index contributed by atoms with van der Waals surface area (Å²) in [7, 11) is 0. The molecule has 0 aliphatic rings. The zero-order chi connectivity index (χ0) is 16.7. The van der Waals surface area contributed by atoms with E-state index in [0.29, 0.717) is 30.3 Å². The number of rotatable bonds is 7. The van der Waals surface area contributed by atoms with Gasteiger partial charge in [-0.15, -0.1) is 11.8 Å². The lowest BCUT2D eigenvalue weighted by molar-refractivity contribution is 0.102. The summed E-state index contributed by atoms with van der Waals surface area (Å²) in [6.07, 6.45) is 2.00. The average molecular weight is 331 g/mol. The molecular weight excluding hydrogens is 310 g/mol. The second-order valence-corrected chi connectivity index (χ2v) is 5.59. The van der Waals surface area contributed by atoms with Gasteiger partial charge < -0.3 is 14.8 Å². The van der Waals surface area contributed by atoms with Crippen molar-refractivity contribution in [1.82, 2.24) is 0 Å². The Morgan fingerprint density at radius 1 is 1.04 bits per heavy atom. The molecule has 0 bridgehead atoms. The van der Waals surface area contributed by atoms with Crippen molar-refractivity contribution in [1.29, 1.82) is 0 Å². The maximum atomic E-state index is 12.4. The summed E-state index contributed by atoms with van der Waals surface area (Å²) in [5.41, 5.74) is 1.31. The molecule has 0 saturated carbocycles. The van der Waals surface area contributed by atoms with E-state index < -0.39 is 0 Å². The van der Waals surface area contributed by atoms with Crippen LogP contribution in [-0.4, -0.2) is 25.4 Å². The summed E-state index contributed by atoms with van der Waals surface area (Å²) >= 11 is 1.63. The zero-order valence-corrected chi connectivity index (χ0v) is 14.4. The van der Waals surface area contributed by atoms with Crippen molar-refractivity contribution in [3.8, 4) is 11.5 Å². The second-order valence-electron chi connectivity index (χ2n) is 4.71. The van der Waals surface area contributed by atoms with E-state index in [1.807, 2.05) is 44.4 Å². The van der Waals surface area contributed by atoms with Gasteiger partial charge in [0, 0.05) is 16.1 Å². The molecule has 0 aliphatic carbocycles. The quantitative estimate of drug-likeness (QED) is 0.761. The number of hydrogen-bond donors (Lipinski definition) is 1. The topological polar surface area (TPSA) is 47.6 Å². The van der Waals surface area contributed by atoms with Gasteiger partial charge in [0.2, 0.25) is 0 Å². The van der Waals surface area contributed by atoms with E-state index >= 15 is 0 Å². The summed E-state index contributed by atoms with van der Waals surface area (Å²) in [5, 5.41) is 2.91. The summed E-state index contributed by atoms with van der Waals surface area (Å²) < 4.78 is 11.1. The summed E-state index contributed by atoms with van der Waals surface area (Å²) in [4.78, 5) is 13.5. The fourth-order valence-electron chi connectivity index (χ4n) is 2.10. The molecule has 0 spiro atoms. The van der Waals surface area contributed by atoms with E-state index in [2.05, 4.69) is 5.32 Å². The van der Waals surface area contributed by atoms with Gasteiger partial charge in [-0.05, 0) is 56.5 Å². The molecule has 0 saturated heterocycles. The van der Waals surface area contributed by atoms with Gasteiger partial charge >= 0.3 is 0 Å². The SMILES string of the molecule is CCOc1ccc(C(=O)Nc2cccc(SC)c2)cc1OCC. The highest BCUT2D eigenvalue weighted by Gasteiger charge is 2.12. The Hall–Kier alpha value is -2.14. The van der Waals surface area contributed by atoms with Crippen LogP contribution in [0.25, 0.3) is 0 Å². The van der Waals surface area contributed by atoms with Crippen LogP contribution in [0, 0.1) is 0 Å². The molecule has 0 radical (unpaired) electrons. The molecule has 0 aromatic heterocycles. The molecule has 0 atom stereocenters. The highest BCUT2D eigenvalue weighted by Crippen LogP contribution is 2.29. The molecule has 1 N–H and O–H groups in total. The van der Waals surface area contributed by atoms with Crippen LogP contribution in [0.1, 0.15) is 24.2 Å². The lowest BCUT2D eigenvalue weighted by atomic mass is 10.2. The van der Waals surface area contributed by atoms with E-state index in [1.54, 1.807) is 30.0 Å². The number of thioether (sulfide) groups is 1. The normalized spacial score (nSPS) is 10.2. The molecule has 5 heteroatoms. The van der Waals surface area contributed by atoms with Gasteiger partial charge in [0.25, 0.3) is 5.91 Å². The number of amides is 1. The zero-order valence-electron chi connectivity index (χ0n) is 13.6. The smallest absolute Gasteiger partial charge is 0.255 e. The van der Waals surface area contributed by atoms with Crippen LogP contribution in [0.2, 0.25) is 0 Å². The van der Waals surface area contributed by atoms with Gasteiger partial charge in [-0.25, -0.2) is 0 Å². The van der Waals surface area contributed by atoms with Crippen LogP contribution in [0.5, 0.6) is 11.5 Å². The minimum absolute atomic E-state index is 0.174. The Balaban J connectivity index is 2.19. The van der Waals surface area contributed by atoms with Crippen molar-refractivity contribution < 1.29 is 14.3 Å². The van der Waals surface area contributed by atoms with Gasteiger partial charge in [0.15, 0.2) is 11.5 Å². The molecule has 0 unspecified atom stereocenters. The third-order valence-corrected chi connectivity index (χ3v) is 3.86. The van der Waals surface area contributed by atoms with E-state index in [1.165, 1.54) is 0 Å². The first-order valence-electron chi connectivity index (χ1n) is 7.53. The Kier molecular flexibility index (Phi) is 6.35. The predicted molar refractivity (Wildman–Crippen MR) is 95.0 cm³/mol. The van der Waals surface area contributed by atoms with Crippen LogP contribution in [0.15, 0.2) is 47.4 Å². The van der Waals surface area contributed by atoms with Crippen LogP contribution in [0.4, 0.5) is 5.69 Å². The molecule has 2 rings (SSSR count). The maximum absolute atomic E-state index is 12.4. The van der Waals surface area contributed by atoms with E-state index in [0.717, 1.165) is 10.6 Å². The molecule has 1 amide bonds. The van der Waals surface area contributed by atoms with Crippen molar-refractivity contribution in [2.75, 3.05) is 24.8 Å². The van der Waals surface area contributed by atoms with Gasteiger partial charge in [0.05, 0.1) is 13.2 Å². The first-order valence-corrected chi connectivity index (χ1v) is 8.75. The summed E-state index contributed by atoms with van der Waals surface area (Å²) in [6, 6.07) is 13.0. The number of carbonyl (C=O) groups is 1. The highest BCUT2D eigenvalue weighted by atomic mass is 32.2. The molecule has 122 valence electrons. The molecule has 4 nitrogen and oxygen atoms in total. The number of nitrogens with one attached hydrogen (secondary N) is 1. The summed E-state index contributed by atoms with van der Waals surface area (Å²) in [5.74, 6) is 1.06. The summed E-state index contributed by atoms with van der Waals surface area (Å²) in [6.45, 7) is 4.87. The Labute approximate surface area is 141 Å². The number of anilines is 1. The van der Waals surface area contributed by atoms with Crippen molar-refractivity contribution in [3.05, 3.63) is 48.0 Å². The average Bonchev–Trinajstić information content (AvgIpc) is 2.57. The van der Waals surface area contributed by atoms with Crippen LogP contribution >= 0.6 is 11.8 Å². The predicted octanol–water partition coefficient (Wildman–Crippen LogP) is 4.46. The van der Waals surface area contributed by atoms with Gasteiger partial charge in [0.1, 0.15) is 0 Å². The monoisotopic (exact) mass is 331 g/mol. The van der Waals surface area contributed by atoms with Crippen molar-refractivity contribution >= 4 is 23.4 Å². The number of carbonyl (C=O) groups excluding carboxylic acids is 1. The molecular formula is C18H21NO3S. The van der Waals surface area contributed by atoms with Gasteiger partial charge in [-0.2, -0.15) is 0 Å². The number of ether oxygens (including phenoxy) is 2. The fraction of sp³-hybridized carbons (Fsp3) is 0.278. The second kappa shape index (κ2) is 8.48. The molecule has 23 heavy (non-hydrogen) atoms. The van der Waals surface area contributed by atoms with Gasteiger partial charge in [-0.1, -0.05) is 6.07 Å².